The molecule has 2 rings (SSSR count). The highest BCUT2D eigenvalue weighted by Crippen LogP contribution is 2.20. The van der Waals surface area contributed by atoms with Crippen molar-refractivity contribution in [3.8, 4) is 0 Å². The van der Waals surface area contributed by atoms with Crippen LogP contribution in [-0.4, -0.2) is 56.1 Å². The molecule has 0 aliphatic carbocycles. The van der Waals surface area contributed by atoms with E-state index in [0.29, 0.717) is 12.8 Å². The van der Waals surface area contributed by atoms with Gasteiger partial charge in [-0.1, -0.05) is 30.3 Å². The molecule has 154 valence electrons. The Morgan fingerprint density at radius 1 is 1.18 bits per heavy atom. The monoisotopic (exact) mass is 411 g/mol. The molecule has 1 saturated heterocycles. The molecule has 9 nitrogen and oxygen atoms in total. The van der Waals surface area contributed by atoms with Gasteiger partial charge in [-0.15, -0.1) is 0 Å². The fraction of sp³-hybridized carbons (Fsp3) is 0.500. The zero-order valence-corrected chi connectivity index (χ0v) is 16.7. The van der Waals surface area contributed by atoms with E-state index >= 15 is 0 Å². The molecule has 0 aromatic heterocycles. The number of imide groups is 1. The molecule has 0 bridgehead atoms. The lowest BCUT2D eigenvalue weighted by Gasteiger charge is -2.29. The number of hydrogen-bond acceptors (Lipinski definition) is 6. The number of sulfonamides is 1. The molecule has 28 heavy (non-hydrogen) atoms. The predicted molar refractivity (Wildman–Crippen MR) is 102 cm³/mol. The zero-order valence-electron chi connectivity index (χ0n) is 15.9. The second kappa shape index (κ2) is 9.65. The number of rotatable bonds is 6. The summed E-state index contributed by atoms with van der Waals surface area (Å²) in [4.78, 5) is 36.0. The minimum absolute atomic E-state index is 0.237. The van der Waals surface area contributed by atoms with Gasteiger partial charge in [-0.05, 0) is 25.3 Å². The average molecular weight is 411 g/mol. The summed E-state index contributed by atoms with van der Waals surface area (Å²) in [6.45, 7) is 2.11. The molecule has 1 fully saturated rings. The molecule has 1 atom stereocenters. The molecule has 1 unspecified atom stereocenters. The van der Waals surface area contributed by atoms with E-state index in [9.17, 15) is 22.8 Å². The SMILES string of the molecule is CC(OC(=O)C1CCN(S(C)(=O)=O)CC1)C(=O)NC(=O)NCc1ccccc1. The second-order valence-electron chi connectivity index (χ2n) is 6.67. The van der Waals surface area contributed by atoms with Gasteiger partial charge in [0.15, 0.2) is 6.10 Å². The van der Waals surface area contributed by atoms with Crippen molar-refractivity contribution in [1.29, 1.82) is 0 Å². The normalized spacial score (nSPS) is 16.8. The van der Waals surface area contributed by atoms with Gasteiger partial charge in [-0.3, -0.25) is 14.9 Å². The summed E-state index contributed by atoms with van der Waals surface area (Å²) in [7, 11) is -3.28. The van der Waals surface area contributed by atoms with Crippen LogP contribution < -0.4 is 10.6 Å². The molecule has 1 aromatic rings. The number of benzene rings is 1. The quantitative estimate of drug-likeness (QED) is 0.662. The topological polar surface area (TPSA) is 122 Å². The van der Waals surface area contributed by atoms with Crippen molar-refractivity contribution in [3.63, 3.8) is 0 Å². The van der Waals surface area contributed by atoms with Gasteiger partial charge in [0.05, 0.1) is 12.2 Å². The summed E-state index contributed by atoms with van der Waals surface area (Å²) in [5, 5.41) is 4.68. The van der Waals surface area contributed by atoms with Crippen LogP contribution in [0.1, 0.15) is 25.3 Å². The number of hydrogen-bond donors (Lipinski definition) is 2. The lowest BCUT2D eigenvalue weighted by atomic mass is 9.98. The Balaban J connectivity index is 1.74. The van der Waals surface area contributed by atoms with Gasteiger partial charge in [0, 0.05) is 19.6 Å². The Morgan fingerprint density at radius 3 is 2.36 bits per heavy atom. The van der Waals surface area contributed by atoms with E-state index in [-0.39, 0.29) is 19.6 Å². The molecule has 1 heterocycles. The van der Waals surface area contributed by atoms with Crippen molar-refractivity contribution in [2.45, 2.75) is 32.4 Å². The highest BCUT2D eigenvalue weighted by molar-refractivity contribution is 7.88. The largest absolute Gasteiger partial charge is 0.452 e. The van der Waals surface area contributed by atoms with Crippen LogP contribution in [0.2, 0.25) is 0 Å². The number of ether oxygens (including phenoxy) is 1. The summed E-state index contributed by atoms with van der Waals surface area (Å²) < 4.78 is 29.4. The number of nitrogens with zero attached hydrogens (tertiary/aromatic N) is 1. The third-order valence-electron chi connectivity index (χ3n) is 4.45. The first-order chi connectivity index (χ1) is 13.2. The Hall–Kier alpha value is -2.46. The van der Waals surface area contributed by atoms with Crippen molar-refractivity contribution in [2.75, 3.05) is 19.3 Å². The van der Waals surface area contributed by atoms with Crippen molar-refractivity contribution < 1.29 is 27.5 Å². The summed E-state index contributed by atoms with van der Waals surface area (Å²) in [6, 6.07) is 8.51. The van der Waals surface area contributed by atoms with Crippen LogP contribution in [0.25, 0.3) is 0 Å². The first-order valence-corrected chi connectivity index (χ1v) is 10.8. The molecular weight excluding hydrogens is 386 g/mol. The highest BCUT2D eigenvalue weighted by Gasteiger charge is 2.31. The maximum absolute atomic E-state index is 12.2. The number of urea groups is 1. The Bertz CT molecular complexity index is 804. The Morgan fingerprint density at radius 2 is 1.79 bits per heavy atom. The van der Waals surface area contributed by atoms with Crippen LogP contribution in [-0.2, 0) is 30.9 Å². The summed E-state index contributed by atoms with van der Waals surface area (Å²) in [5.41, 5.74) is 0.880. The summed E-state index contributed by atoms with van der Waals surface area (Å²) >= 11 is 0. The molecule has 1 aromatic carbocycles. The highest BCUT2D eigenvalue weighted by atomic mass is 32.2. The zero-order chi connectivity index (χ0) is 20.7. The third kappa shape index (κ3) is 6.61. The molecule has 2 N–H and O–H groups in total. The van der Waals surface area contributed by atoms with E-state index in [4.69, 9.17) is 4.74 Å². The molecule has 1 aliphatic heterocycles. The average Bonchev–Trinajstić information content (AvgIpc) is 2.66. The van der Waals surface area contributed by atoms with E-state index in [2.05, 4.69) is 10.6 Å². The minimum Gasteiger partial charge on any atom is -0.452 e. The molecule has 0 radical (unpaired) electrons. The maximum Gasteiger partial charge on any atom is 0.321 e. The summed E-state index contributed by atoms with van der Waals surface area (Å²) in [6.07, 6.45) is 0.652. The molecule has 1 aliphatic rings. The molecule has 0 saturated carbocycles. The van der Waals surface area contributed by atoms with Gasteiger partial charge in [-0.25, -0.2) is 17.5 Å². The predicted octanol–water partition coefficient (Wildman–Crippen LogP) is 0.616. The Kier molecular flexibility index (Phi) is 7.53. The second-order valence-corrected chi connectivity index (χ2v) is 8.66. The Labute approximate surface area is 164 Å². The fourth-order valence-corrected chi connectivity index (χ4v) is 3.66. The van der Waals surface area contributed by atoms with Gasteiger partial charge in [-0.2, -0.15) is 0 Å². The first-order valence-electron chi connectivity index (χ1n) is 8.95. The number of carbonyl (C=O) groups excluding carboxylic acids is 3. The smallest absolute Gasteiger partial charge is 0.321 e. The number of esters is 1. The van der Waals surface area contributed by atoms with Gasteiger partial charge in [0.25, 0.3) is 5.91 Å². The van der Waals surface area contributed by atoms with Gasteiger partial charge < -0.3 is 10.1 Å². The lowest BCUT2D eigenvalue weighted by Crippen LogP contribution is -2.45. The standard InChI is InChI=1S/C18H25N3O6S/c1-13(16(22)20-18(24)19-12-14-6-4-3-5-7-14)27-17(23)15-8-10-21(11-9-15)28(2,25)26/h3-7,13,15H,8-12H2,1-2H3,(H2,19,20,22,24). The number of piperidine rings is 1. The van der Waals surface area contributed by atoms with Crippen molar-refractivity contribution in [2.24, 2.45) is 5.92 Å². The fourth-order valence-electron chi connectivity index (χ4n) is 2.78. The minimum atomic E-state index is -3.28. The van der Waals surface area contributed by atoms with Crippen LogP contribution >= 0.6 is 0 Å². The lowest BCUT2D eigenvalue weighted by molar-refractivity contribution is -0.159. The van der Waals surface area contributed by atoms with Crippen molar-refractivity contribution in [3.05, 3.63) is 35.9 Å². The van der Waals surface area contributed by atoms with E-state index in [1.54, 1.807) is 0 Å². The molecular formula is C18H25N3O6S. The summed E-state index contributed by atoms with van der Waals surface area (Å²) in [5.74, 6) is -1.77. The number of carbonyl (C=O) groups is 3. The first kappa shape index (κ1) is 21.8. The third-order valence-corrected chi connectivity index (χ3v) is 5.75. The van der Waals surface area contributed by atoms with E-state index < -0.39 is 40.0 Å². The van der Waals surface area contributed by atoms with E-state index in [1.807, 2.05) is 30.3 Å². The van der Waals surface area contributed by atoms with Gasteiger partial charge in [0.2, 0.25) is 10.0 Å². The van der Waals surface area contributed by atoms with Crippen LogP contribution in [0.3, 0.4) is 0 Å². The van der Waals surface area contributed by atoms with Crippen LogP contribution in [0.5, 0.6) is 0 Å². The van der Waals surface area contributed by atoms with E-state index in [0.717, 1.165) is 11.8 Å². The molecule has 3 amide bonds. The maximum atomic E-state index is 12.2. The van der Waals surface area contributed by atoms with Crippen LogP contribution in [0.15, 0.2) is 30.3 Å². The molecule has 10 heteroatoms. The van der Waals surface area contributed by atoms with Crippen molar-refractivity contribution in [1.82, 2.24) is 14.9 Å². The van der Waals surface area contributed by atoms with Crippen LogP contribution in [0.4, 0.5) is 4.79 Å². The van der Waals surface area contributed by atoms with Crippen LogP contribution in [0, 0.1) is 5.92 Å². The van der Waals surface area contributed by atoms with Gasteiger partial charge >= 0.3 is 12.0 Å². The molecule has 0 spiro atoms. The van der Waals surface area contributed by atoms with Gasteiger partial charge in [0.1, 0.15) is 0 Å². The number of nitrogens with one attached hydrogen (secondary N) is 2. The van der Waals surface area contributed by atoms with Crippen molar-refractivity contribution >= 4 is 27.9 Å². The van der Waals surface area contributed by atoms with E-state index in [1.165, 1.54) is 11.2 Å². The number of amides is 3.